The van der Waals surface area contributed by atoms with E-state index in [1.54, 1.807) is 6.07 Å². The third-order valence-corrected chi connectivity index (χ3v) is 3.92. The Bertz CT molecular complexity index is 423. The van der Waals surface area contributed by atoms with Crippen LogP contribution in [0.2, 0.25) is 0 Å². The number of hydrogen-bond donors (Lipinski definition) is 1. The van der Waals surface area contributed by atoms with Gasteiger partial charge in [0.15, 0.2) is 0 Å². The van der Waals surface area contributed by atoms with Gasteiger partial charge in [-0.1, -0.05) is 20.8 Å². The molecule has 0 radical (unpaired) electrons. The largest absolute Gasteiger partial charge is 0.383 e. The van der Waals surface area contributed by atoms with E-state index in [-0.39, 0.29) is 5.82 Å². The van der Waals surface area contributed by atoms with E-state index in [2.05, 4.69) is 42.0 Å². The Morgan fingerprint density at radius 2 is 2.12 bits per heavy atom. The number of rotatable bonds is 2. The maximum Gasteiger partial charge on any atom is 0.124 e. The Hall–Kier alpha value is -0.570. The summed E-state index contributed by atoms with van der Waals surface area (Å²) in [6.45, 7) is 7.67. The number of halogens is 2. The Kier molecular flexibility index (Phi) is 3.48. The molecule has 1 N–H and O–H groups in total. The van der Waals surface area contributed by atoms with E-state index in [4.69, 9.17) is 0 Å². The van der Waals surface area contributed by atoms with Crippen LogP contribution >= 0.6 is 15.9 Å². The van der Waals surface area contributed by atoms with Crippen LogP contribution in [0.15, 0.2) is 16.6 Å². The fourth-order valence-electron chi connectivity index (χ4n) is 2.30. The van der Waals surface area contributed by atoms with Crippen LogP contribution in [-0.2, 0) is 0 Å². The summed E-state index contributed by atoms with van der Waals surface area (Å²) in [6, 6.07) is 3.20. The SMILES string of the molecule is CC(C)(C)CCC1CNc2c(Br)cc(F)cc21. The zero-order valence-electron chi connectivity index (χ0n) is 10.6. The Morgan fingerprint density at radius 1 is 1.41 bits per heavy atom. The maximum atomic E-state index is 13.4. The summed E-state index contributed by atoms with van der Waals surface area (Å²) >= 11 is 3.41. The van der Waals surface area contributed by atoms with Gasteiger partial charge in [-0.2, -0.15) is 0 Å². The first kappa shape index (κ1) is 12.9. The number of benzene rings is 1. The van der Waals surface area contributed by atoms with Crippen molar-refractivity contribution in [3.8, 4) is 0 Å². The summed E-state index contributed by atoms with van der Waals surface area (Å²) in [5, 5.41) is 3.37. The minimum Gasteiger partial charge on any atom is -0.383 e. The zero-order valence-corrected chi connectivity index (χ0v) is 12.2. The van der Waals surface area contributed by atoms with E-state index < -0.39 is 0 Å². The van der Waals surface area contributed by atoms with Gasteiger partial charge in [-0.25, -0.2) is 4.39 Å². The molecule has 1 unspecified atom stereocenters. The fourth-order valence-corrected chi connectivity index (χ4v) is 2.89. The molecule has 3 heteroatoms. The second kappa shape index (κ2) is 4.60. The van der Waals surface area contributed by atoms with Gasteiger partial charge in [-0.05, 0) is 51.9 Å². The fraction of sp³-hybridized carbons (Fsp3) is 0.571. The van der Waals surface area contributed by atoms with Gasteiger partial charge >= 0.3 is 0 Å². The molecular weight excluding hydrogens is 281 g/mol. The molecule has 0 spiro atoms. The highest BCUT2D eigenvalue weighted by Crippen LogP contribution is 2.41. The molecule has 0 amide bonds. The average Bonchev–Trinajstić information content (AvgIpc) is 2.57. The lowest BCUT2D eigenvalue weighted by molar-refractivity contribution is 0.352. The van der Waals surface area contributed by atoms with Crippen molar-refractivity contribution >= 4 is 21.6 Å². The molecule has 0 bridgehead atoms. The summed E-state index contributed by atoms with van der Waals surface area (Å²) < 4.78 is 14.3. The smallest absolute Gasteiger partial charge is 0.124 e. The van der Waals surface area contributed by atoms with Gasteiger partial charge in [-0.15, -0.1) is 0 Å². The molecular formula is C14H19BrFN. The van der Waals surface area contributed by atoms with E-state index in [9.17, 15) is 4.39 Å². The second-order valence-corrected chi connectivity index (χ2v) is 6.88. The first-order chi connectivity index (χ1) is 7.87. The van der Waals surface area contributed by atoms with Crippen molar-refractivity contribution in [2.24, 2.45) is 5.41 Å². The van der Waals surface area contributed by atoms with Crippen LogP contribution in [0.3, 0.4) is 0 Å². The molecule has 2 rings (SSSR count). The second-order valence-electron chi connectivity index (χ2n) is 6.03. The minimum absolute atomic E-state index is 0.153. The molecule has 17 heavy (non-hydrogen) atoms. The van der Waals surface area contributed by atoms with Gasteiger partial charge in [0.05, 0.1) is 5.69 Å². The lowest BCUT2D eigenvalue weighted by Gasteiger charge is -2.20. The molecule has 94 valence electrons. The average molecular weight is 300 g/mol. The summed E-state index contributed by atoms with van der Waals surface area (Å²) in [5.74, 6) is 0.288. The highest BCUT2D eigenvalue weighted by Gasteiger charge is 2.26. The number of hydrogen-bond acceptors (Lipinski definition) is 1. The molecule has 1 nitrogen and oxygen atoms in total. The van der Waals surface area contributed by atoms with Crippen molar-refractivity contribution in [2.75, 3.05) is 11.9 Å². The number of anilines is 1. The van der Waals surface area contributed by atoms with Gasteiger partial charge in [0.25, 0.3) is 0 Å². The van der Waals surface area contributed by atoms with Crippen LogP contribution in [0.1, 0.15) is 45.1 Å². The zero-order chi connectivity index (χ0) is 12.6. The van der Waals surface area contributed by atoms with Crippen molar-refractivity contribution in [1.82, 2.24) is 0 Å². The van der Waals surface area contributed by atoms with E-state index in [1.807, 2.05) is 0 Å². The molecule has 0 saturated heterocycles. The van der Waals surface area contributed by atoms with Crippen LogP contribution in [0.5, 0.6) is 0 Å². The summed E-state index contributed by atoms with van der Waals surface area (Å²) in [6.07, 6.45) is 2.27. The third kappa shape index (κ3) is 3.01. The monoisotopic (exact) mass is 299 g/mol. The predicted octanol–water partition coefficient (Wildman–Crippen LogP) is 4.92. The van der Waals surface area contributed by atoms with Crippen molar-refractivity contribution in [2.45, 2.75) is 39.5 Å². The molecule has 0 saturated carbocycles. The van der Waals surface area contributed by atoms with E-state index in [0.29, 0.717) is 11.3 Å². The van der Waals surface area contributed by atoms with Gasteiger partial charge < -0.3 is 5.32 Å². The first-order valence-electron chi connectivity index (χ1n) is 6.09. The molecule has 0 aromatic heterocycles. The maximum absolute atomic E-state index is 13.4. The molecule has 1 aromatic carbocycles. The van der Waals surface area contributed by atoms with Crippen LogP contribution in [0, 0.1) is 11.2 Å². The van der Waals surface area contributed by atoms with E-state index in [0.717, 1.165) is 35.1 Å². The third-order valence-electron chi connectivity index (χ3n) is 3.29. The van der Waals surface area contributed by atoms with Crippen molar-refractivity contribution in [3.63, 3.8) is 0 Å². The highest BCUT2D eigenvalue weighted by molar-refractivity contribution is 9.10. The number of fused-ring (bicyclic) bond motifs is 1. The normalized spacial score (nSPS) is 19.0. The Balaban J connectivity index is 2.16. The van der Waals surface area contributed by atoms with Crippen molar-refractivity contribution in [3.05, 3.63) is 28.0 Å². The van der Waals surface area contributed by atoms with Gasteiger partial charge in [0.2, 0.25) is 0 Å². The topological polar surface area (TPSA) is 12.0 Å². The lowest BCUT2D eigenvalue weighted by Crippen LogP contribution is -2.09. The quantitative estimate of drug-likeness (QED) is 0.817. The molecule has 1 aliphatic rings. The molecule has 0 fully saturated rings. The van der Waals surface area contributed by atoms with Crippen molar-refractivity contribution in [1.29, 1.82) is 0 Å². The Morgan fingerprint density at radius 3 is 2.76 bits per heavy atom. The molecule has 1 heterocycles. The van der Waals surface area contributed by atoms with Crippen LogP contribution in [-0.4, -0.2) is 6.54 Å². The predicted molar refractivity (Wildman–Crippen MR) is 74.0 cm³/mol. The molecule has 1 atom stereocenters. The standard InChI is InChI=1S/C14H19BrFN/c1-14(2,3)5-4-9-8-17-13-11(9)6-10(16)7-12(13)15/h6-7,9,17H,4-5,8H2,1-3H3. The van der Waals surface area contributed by atoms with Crippen LogP contribution in [0.4, 0.5) is 10.1 Å². The van der Waals surface area contributed by atoms with E-state index in [1.165, 1.54) is 6.07 Å². The van der Waals surface area contributed by atoms with Gasteiger partial charge in [0, 0.05) is 16.9 Å². The molecule has 0 aliphatic carbocycles. The number of nitrogens with one attached hydrogen (secondary N) is 1. The highest BCUT2D eigenvalue weighted by atomic mass is 79.9. The van der Waals surface area contributed by atoms with E-state index >= 15 is 0 Å². The van der Waals surface area contributed by atoms with Gasteiger partial charge in [0.1, 0.15) is 5.82 Å². The summed E-state index contributed by atoms with van der Waals surface area (Å²) in [7, 11) is 0. The Labute approximate surface area is 111 Å². The van der Waals surface area contributed by atoms with Crippen molar-refractivity contribution < 1.29 is 4.39 Å². The summed E-state index contributed by atoms with van der Waals surface area (Å²) in [5.41, 5.74) is 2.54. The lowest BCUT2D eigenvalue weighted by atomic mass is 9.85. The molecule has 1 aliphatic heterocycles. The summed E-state index contributed by atoms with van der Waals surface area (Å²) in [4.78, 5) is 0. The van der Waals surface area contributed by atoms with Gasteiger partial charge in [-0.3, -0.25) is 0 Å². The molecule has 1 aromatic rings. The van der Waals surface area contributed by atoms with Crippen LogP contribution in [0.25, 0.3) is 0 Å². The van der Waals surface area contributed by atoms with Crippen LogP contribution < -0.4 is 5.32 Å². The first-order valence-corrected chi connectivity index (χ1v) is 6.89. The minimum atomic E-state index is -0.153.